The van der Waals surface area contributed by atoms with Crippen LogP contribution in [0.5, 0.6) is 5.75 Å². The van der Waals surface area contributed by atoms with Crippen molar-refractivity contribution in [2.75, 3.05) is 33.4 Å². The largest absolute Gasteiger partial charge is 0.497 e. The fourth-order valence-electron chi connectivity index (χ4n) is 3.19. The van der Waals surface area contributed by atoms with Gasteiger partial charge in [0.1, 0.15) is 19.0 Å². The molecule has 1 atom stereocenters. The van der Waals surface area contributed by atoms with Gasteiger partial charge >= 0.3 is 6.09 Å². The number of ether oxygens (including phenoxy) is 2. The molecule has 1 aliphatic heterocycles. The summed E-state index contributed by atoms with van der Waals surface area (Å²) < 4.78 is 24.1. The topological polar surface area (TPSA) is 42.0 Å². The summed E-state index contributed by atoms with van der Waals surface area (Å²) in [5.74, 6) is 0.798. The molecule has 0 aromatic heterocycles. The number of rotatable bonds is 6. The lowest BCUT2D eigenvalue weighted by Gasteiger charge is -2.39. The van der Waals surface area contributed by atoms with E-state index >= 15 is 0 Å². The molecule has 1 saturated heterocycles. The van der Waals surface area contributed by atoms with Crippen LogP contribution in [0.3, 0.4) is 0 Å². The van der Waals surface area contributed by atoms with Crippen molar-refractivity contribution in [1.82, 2.24) is 9.80 Å². The molecular formula is C21H25FN2O3. The third kappa shape index (κ3) is 5.20. The number of hydrogen-bond donors (Lipinski definition) is 0. The Kier molecular flexibility index (Phi) is 6.65. The predicted molar refractivity (Wildman–Crippen MR) is 101 cm³/mol. The Hall–Kier alpha value is -2.60. The van der Waals surface area contributed by atoms with Gasteiger partial charge in [0.15, 0.2) is 0 Å². The number of hydrogen-bond acceptors (Lipinski definition) is 4. The second kappa shape index (κ2) is 9.37. The summed E-state index contributed by atoms with van der Waals surface area (Å²) in [6.45, 7) is 1.84. The van der Waals surface area contributed by atoms with Gasteiger partial charge in [-0.2, -0.15) is 0 Å². The molecule has 3 rings (SSSR count). The highest BCUT2D eigenvalue weighted by molar-refractivity contribution is 5.67. The summed E-state index contributed by atoms with van der Waals surface area (Å²) in [7, 11) is 1.63. The third-order valence-electron chi connectivity index (χ3n) is 4.79. The number of piperazine rings is 1. The van der Waals surface area contributed by atoms with Crippen LogP contribution in [0.15, 0.2) is 54.6 Å². The molecule has 0 radical (unpaired) electrons. The highest BCUT2D eigenvalue weighted by Gasteiger charge is 2.30. The van der Waals surface area contributed by atoms with Crippen LogP contribution in [0, 0.1) is 0 Å². The molecule has 0 unspecified atom stereocenters. The fourth-order valence-corrected chi connectivity index (χ4v) is 3.19. The molecule has 0 N–H and O–H groups in total. The van der Waals surface area contributed by atoms with Crippen molar-refractivity contribution in [3.05, 3.63) is 65.7 Å². The van der Waals surface area contributed by atoms with E-state index in [-0.39, 0.29) is 18.7 Å². The Bertz CT molecular complexity index is 724. The smallest absolute Gasteiger partial charge is 0.410 e. The summed E-state index contributed by atoms with van der Waals surface area (Å²) in [4.78, 5) is 16.0. The maximum Gasteiger partial charge on any atom is 0.410 e. The highest BCUT2D eigenvalue weighted by Crippen LogP contribution is 2.18. The van der Waals surface area contributed by atoms with Crippen molar-refractivity contribution in [2.24, 2.45) is 0 Å². The van der Waals surface area contributed by atoms with Gasteiger partial charge in [0.2, 0.25) is 0 Å². The van der Waals surface area contributed by atoms with E-state index in [9.17, 15) is 9.18 Å². The lowest BCUT2D eigenvalue weighted by atomic mass is 10.1. The standard InChI is InChI=1S/C21H25FN2O3/c1-26-20-9-7-17(8-10-20)14-23-11-12-24(15-19(23)13-22)21(25)27-16-18-5-3-2-4-6-18/h2-10,19H,11-16H2,1H3/t19-/m0/s1. The van der Waals surface area contributed by atoms with Gasteiger partial charge in [-0.15, -0.1) is 0 Å². The Morgan fingerprint density at radius 1 is 1.07 bits per heavy atom. The summed E-state index contributed by atoms with van der Waals surface area (Å²) >= 11 is 0. The molecule has 6 heteroatoms. The first-order valence-corrected chi connectivity index (χ1v) is 9.08. The third-order valence-corrected chi connectivity index (χ3v) is 4.79. The second-order valence-electron chi connectivity index (χ2n) is 6.61. The molecule has 0 saturated carbocycles. The van der Waals surface area contributed by atoms with E-state index in [1.54, 1.807) is 12.0 Å². The lowest BCUT2D eigenvalue weighted by molar-refractivity contribution is 0.0363. The van der Waals surface area contributed by atoms with Crippen LogP contribution in [0.1, 0.15) is 11.1 Å². The highest BCUT2D eigenvalue weighted by atomic mass is 19.1. The first-order valence-electron chi connectivity index (χ1n) is 9.08. The molecule has 1 heterocycles. The van der Waals surface area contributed by atoms with Crippen molar-refractivity contribution >= 4 is 6.09 Å². The monoisotopic (exact) mass is 372 g/mol. The summed E-state index contributed by atoms with van der Waals surface area (Å²) in [6, 6.07) is 17.0. The number of carbonyl (C=O) groups excluding carboxylic acids is 1. The maximum absolute atomic E-state index is 13.6. The normalized spacial score (nSPS) is 17.6. The van der Waals surface area contributed by atoms with Gasteiger partial charge in [-0.05, 0) is 23.3 Å². The zero-order valence-corrected chi connectivity index (χ0v) is 15.5. The number of carbonyl (C=O) groups is 1. The lowest BCUT2D eigenvalue weighted by Crippen LogP contribution is -2.55. The van der Waals surface area contributed by atoms with Crippen molar-refractivity contribution < 1.29 is 18.7 Å². The minimum Gasteiger partial charge on any atom is -0.497 e. The zero-order valence-electron chi connectivity index (χ0n) is 15.5. The van der Waals surface area contributed by atoms with E-state index < -0.39 is 6.67 Å². The minimum absolute atomic E-state index is 0.228. The number of benzene rings is 2. The van der Waals surface area contributed by atoms with Gasteiger partial charge in [-0.1, -0.05) is 42.5 Å². The summed E-state index contributed by atoms with van der Waals surface area (Å²) in [5.41, 5.74) is 2.03. The first-order chi connectivity index (χ1) is 13.2. The van der Waals surface area contributed by atoms with Crippen molar-refractivity contribution in [3.8, 4) is 5.75 Å². The maximum atomic E-state index is 13.6. The van der Waals surface area contributed by atoms with Crippen molar-refractivity contribution in [1.29, 1.82) is 0 Å². The van der Waals surface area contributed by atoms with E-state index in [0.717, 1.165) is 16.9 Å². The van der Waals surface area contributed by atoms with Gasteiger partial charge in [0, 0.05) is 26.2 Å². The molecule has 1 aliphatic rings. The van der Waals surface area contributed by atoms with E-state index in [0.29, 0.717) is 26.2 Å². The minimum atomic E-state index is -0.501. The van der Waals surface area contributed by atoms with Crippen LogP contribution in [-0.4, -0.2) is 55.4 Å². The van der Waals surface area contributed by atoms with Crippen molar-refractivity contribution in [3.63, 3.8) is 0 Å². The quantitative estimate of drug-likeness (QED) is 0.779. The van der Waals surface area contributed by atoms with E-state index in [4.69, 9.17) is 9.47 Å². The molecule has 1 amide bonds. The summed E-state index contributed by atoms with van der Waals surface area (Å²) in [6.07, 6.45) is -0.388. The van der Waals surface area contributed by atoms with E-state index in [1.807, 2.05) is 54.6 Å². The molecule has 1 fully saturated rings. The van der Waals surface area contributed by atoms with Gasteiger partial charge in [-0.3, -0.25) is 4.90 Å². The second-order valence-corrected chi connectivity index (χ2v) is 6.61. The van der Waals surface area contributed by atoms with Crippen LogP contribution >= 0.6 is 0 Å². The zero-order chi connectivity index (χ0) is 19.1. The van der Waals surface area contributed by atoms with E-state index in [1.165, 1.54) is 0 Å². The van der Waals surface area contributed by atoms with Gasteiger partial charge < -0.3 is 14.4 Å². The summed E-state index contributed by atoms with van der Waals surface area (Å²) in [5, 5.41) is 0. The van der Waals surface area contributed by atoms with Gasteiger partial charge in [0.05, 0.1) is 13.2 Å². The predicted octanol–water partition coefficient (Wildman–Crippen LogP) is 3.49. The number of halogens is 1. The van der Waals surface area contributed by atoms with Crippen molar-refractivity contribution in [2.45, 2.75) is 19.2 Å². The molecule has 144 valence electrons. The SMILES string of the molecule is COc1ccc(CN2CCN(C(=O)OCc3ccccc3)C[C@@H]2CF)cc1. The molecule has 2 aromatic rings. The Morgan fingerprint density at radius 2 is 1.81 bits per heavy atom. The first kappa shape index (κ1) is 19.2. The molecule has 0 bridgehead atoms. The average molecular weight is 372 g/mol. The van der Waals surface area contributed by atoms with Gasteiger partial charge in [0.25, 0.3) is 0 Å². The van der Waals surface area contributed by atoms with Crippen LogP contribution in [0.25, 0.3) is 0 Å². The number of alkyl halides is 1. The van der Waals surface area contributed by atoms with E-state index in [2.05, 4.69) is 4.90 Å². The number of methoxy groups -OCH3 is 1. The van der Waals surface area contributed by atoms with Crippen LogP contribution < -0.4 is 4.74 Å². The van der Waals surface area contributed by atoms with Crippen LogP contribution in [-0.2, 0) is 17.9 Å². The molecule has 0 spiro atoms. The van der Waals surface area contributed by atoms with Crippen LogP contribution in [0.4, 0.5) is 9.18 Å². The number of amides is 1. The Balaban J connectivity index is 1.52. The Morgan fingerprint density at radius 3 is 2.48 bits per heavy atom. The van der Waals surface area contributed by atoms with Crippen LogP contribution in [0.2, 0.25) is 0 Å². The molecule has 2 aromatic carbocycles. The molecule has 27 heavy (non-hydrogen) atoms. The molecular weight excluding hydrogens is 347 g/mol. The average Bonchev–Trinajstić information content (AvgIpc) is 2.73. The Labute approximate surface area is 159 Å². The fraction of sp³-hybridized carbons (Fsp3) is 0.381. The number of nitrogens with zero attached hydrogens (tertiary/aromatic N) is 2. The molecule has 0 aliphatic carbocycles. The molecule has 5 nitrogen and oxygen atoms in total. The van der Waals surface area contributed by atoms with Gasteiger partial charge in [-0.25, -0.2) is 9.18 Å².